The first kappa shape index (κ1) is 26.3. The van der Waals surface area contributed by atoms with Gasteiger partial charge in [-0.15, -0.1) is 0 Å². The topological polar surface area (TPSA) is 103 Å². The second-order valence-electron chi connectivity index (χ2n) is 8.05. The van der Waals surface area contributed by atoms with Gasteiger partial charge in [0.1, 0.15) is 24.4 Å². The van der Waals surface area contributed by atoms with Gasteiger partial charge in [0.2, 0.25) is 5.91 Å². The summed E-state index contributed by atoms with van der Waals surface area (Å²) >= 11 is 0. The Balaban J connectivity index is 1.74. The van der Waals surface area contributed by atoms with Crippen molar-refractivity contribution in [3.8, 4) is 5.75 Å². The highest BCUT2D eigenvalue weighted by Crippen LogP contribution is 2.19. The van der Waals surface area contributed by atoms with Gasteiger partial charge >= 0.3 is 12.1 Å². The van der Waals surface area contributed by atoms with Crippen molar-refractivity contribution in [3.05, 3.63) is 102 Å². The van der Waals surface area contributed by atoms with E-state index < -0.39 is 30.1 Å². The summed E-state index contributed by atoms with van der Waals surface area (Å²) in [6, 6.07) is 23.7. The third kappa shape index (κ3) is 7.87. The summed E-state index contributed by atoms with van der Waals surface area (Å²) in [6.45, 7) is 0.0605. The van der Waals surface area contributed by atoms with Gasteiger partial charge < -0.3 is 24.8 Å². The molecule has 188 valence electrons. The third-order valence-corrected chi connectivity index (χ3v) is 5.52. The average molecular weight is 491 g/mol. The number of esters is 1. The molecule has 0 aliphatic carbocycles. The molecule has 0 spiro atoms. The van der Waals surface area contributed by atoms with Gasteiger partial charge in [0, 0.05) is 12.8 Å². The van der Waals surface area contributed by atoms with Crippen LogP contribution in [0.25, 0.3) is 0 Å². The van der Waals surface area contributed by atoms with Crippen LogP contribution in [-0.2, 0) is 38.5 Å². The van der Waals surface area contributed by atoms with Crippen molar-refractivity contribution in [1.82, 2.24) is 10.6 Å². The van der Waals surface area contributed by atoms with Crippen LogP contribution in [0.1, 0.15) is 16.7 Å². The highest BCUT2D eigenvalue weighted by atomic mass is 16.5. The monoisotopic (exact) mass is 490 g/mol. The zero-order chi connectivity index (χ0) is 25.8. The van der Waals surface area contributed by atoms with Crippen LogP contribution in [0.4, 0.5) is 4.79 Å². The molecule has 2 N–H and O–H groups in total. The van der Waals surface area contributed by atoms with Crippen LogP contribution in [-0.4, -0.2) is 44.3 Å². The maximum absolute atomic E-state index is 13.3. The van der Waals surface area contributed by atoms with Crippen LogP contribution in [0.5, 0.6) is 5.75 Å². The highest BCUT2D eigenvalue weighted by molar-refractivity contribution is 5.90. The summed E-state index contributed by atoms with van der Waals surface area (Å²) in [7, 11) is 2.79. The summed E-state index contributed by atoms with van der Waals surface area (Å²) in [5.41, 5.74) is 2.38. The molecular weight excluding hydrogens is 460 g/mol. The van der Waals surface area contributed by atoms with E-state index in [4.69, 9.17) is 14.2 Å². The van der Waals surface area contributed by atoms with Crippen molar-refractivity contribution in [2.75, 3.05) is 14.2 Å². The fourth-order valence-corrected chi connectivity index (χ4v) is 3.67. The van der Waals surface area contributed by atoms with E-state index in [-0.39, 0.29) is 19.4 Å². The van der Waals surface area contributed by atoms with Crippen LogP contribution in [0.15, 0.2) is 84.9 Å². The first-order valence-electron chi connectivity index (χ1n) is 11.5. The molecule has 0 aliphatic heterocycles. The Bertz CT molecular complexity index is 1140. The standard InChI is InChI=1S/C28H30N2O6/c1-34-25-16-10-9-15-22(25)18-24(27(32)35-2)29-26(31)23(17-20-11-5-3-6-12-20)30-28(33)36-19-21-13-7-4-8-14-21/h3-16,23-24H,17-19H2,1-2H3,(H,29,31)(H,30,33)/t23-,24-/m0/s1. The van der Waals surface area contributed by atoms with Crippen molar-refractivity contribution in [3.63, 3.8) is 0 Å². The maximum Gasteiger partial charge on any atom is 0.408 e. The van der Waals surface area contributed by atoms with Gasteiger partial charge in [0.15, 0.2) is 0 Å². The minimum atomic E-state index is -0.987. The zero-order valence-electron chi connectivity index (χ0n) is 20.3. The molecule has 0 unspecified atom stereocenters. The van der Waals surface area contributed by atoms with E-state index in [9.17, 15) is 14.4 Å². The number of amides is 2. The lowest BCUT2D eigenvalue weighted by Crippen LogP contribution is -2.53. The molecule has 8 nitrogen and oxygen atoms in total. The minimum Gasteiger partial charge on any atom is -0.496 e. The lowest BCUT2D eigenvalue weighted by Gasteiger charge is -2.23. The lowest BCUT2D eigenvalue weighted by molar-refractivity contribution is -0.145. The van der Waals surface area contributed by atoms with E-state index in [0.29, 0.717) is 5.75 Å². The Kier molecular flexibility index (Phi) is 9.88. The van der Waals surface area contributed by atoms with Gasteiger partial charge in [0.05, 0.1) is 14.2 Å². The van der Waals surface area contributed by atoms with E-state index in [0.717, 1.165) is 16.7 Å². The molecule has 0 radical (unpaired) electrons. The quantitative estimate of drug-likeness (QED) is 0.399. The summed E-state index contributed by atoms with van der Waals surface area (Å²) in [4.78, 5) is 38.4. The Hall–Kier alpha value is -4.33. The predicted molar refractivity (Wildman–Crippen MR) is 134 cm³/mol. The van der Waals surface area contributed by atoms with Crippen molar-refractivity contribution < 1.29 is 28.6 Å². The van der Waals surface area contributed by atoms with E-state index in [1.807, 2.05) is 78.9 Å². The largest absolute Gasteiger partial charge is 0.496 e. The molecule has 0 heterocycles. The van der Waals surface area contributed by atoms with Gasteiger partial charge in [-0.05, 0) is 22.8 Å². The van der Waals surface area contributed by atoms with Crippen LogP contribution in [0.3, 0.4) is 0 Å². The van der Waals surface area contributed by atoms with Crippen molar-refractivity contribution >= 4 is 18.0 Å². The molecule has 0 aromatic heterocycles. The number of benzene rings is 3. The minimum absolute atomic E-state index is 0.0605. The average Bonchev–Trinajstić information content (AvgIpc) is 2.92. The number of ether oxygens (including phenoxy) is 3. The molecular formula is C28H30N2O6. The SMILES string of the molecule is COC(=O)[C@H](Cc1ccccc1OC)NC(=O)[C@H](Cc1ccccc1)NC(=O)OCc1ccccc1. The summed E-state index contributed by atoms with van der Waals surface area (Å²) in [6.07, 6.45) is -0.386. The molecule has 2 amide bonds. The Morgan fingerprint density at radius 2 is 1.33 bits per heavy atom. The van der Waals surface area contributed by atoms with Crippen molar-refractivity contribution in [2.45, 2.75) is 31.5 Å². The second kappa shape index (κ2) is 13.5. The molecule has 0 fully saturated rings. The molecule has 8 heteroatoms. The number of methoxy groups -OCH3 is 2. The number of alkyl carbamates (subject to hydrolysis) is 1. The van der Waals surface area contributed by atoms with Gasteiger partial charge in [-0.3, -0.25) is 4.79 Å². The van der Waals surface area contributed by atoms with Gasteiger partial charge in [-0.2, -0.15) is 0 Å². The fraction of sp³-hybridized carbons (Fsp3) is 0.250. The number of hydrogen-bond donors (Lipinski definition) is 2. The van der Waals surface area contributed by atoms with E-state index in [2.05, 4.69) is 10.6 Å². The van der Waals surface area contributed by atoms with E-state index in [1.54, 1.807) is 6.07 Å². The first-order chi connectivity index (χ1) is 17.5. The van der Waals surface area contributed by atoms with Gasteiger partial charge in [-0.1, -0.05) is 78.9 Å². The van der Waals surface area contributed by atoms with Crippen LogP contribution in [0.2, 0.25) is 0 Å². The highest BCUT2D eigenvalue weighted by Gasteiger charge is 2.29. The third-order valence-electron chi connectivity index (χ3n) is 5.52. The summed E-state index contributed by atoms with van der Waals surface area (Å²) in [5.74, 6) is -0.565. The smallest absolute Gasteiger partial charge is 0.408 e. The molecule has 2 atom stereocenters. The first-order valence-corrected chi connectivity index (χ1v) is 11.5. The number of para-hydroxylation sites is 1. The normalized spacial score (nSPS) is 12.1. The van der Waals surface area contributed by atoms with Gasteiger partial charge in [-0.25, -0.2) is 9.59 Å². The lowest BCUT2D eigenvalue weighted by atomic mass is 10.0. The number of carbonyl (C=O) groups is 3. The summed E-state index contributed by atoms with van der Waals surface area (Å²) in [5, 5.41) is 5.36. The Morgan fingerprint density at radius 1 is 0.722 bits per heavy atom. The number of rotatable bonds is 11. The number of hydrogen-bond acceptors (Lipinski definition) is 6. The predicted octanol–water partition coefficient (Wildman–Crippen LogP) is 3.43. The molecule has 0 saturated carbocycles. The van der Waals surface area contributed by atoms with Crippen molar-refractivity contribution in [2.24, 2.45) is 0 Å². The maximum atomic E-state index is 13.3. The van der Waals surface area contributed by atoms with Crippen LogP contribution >= 0.6 is 0 Å². The number of nitrogens with one attached hydrogen (secondary N) is 2. The van der Waals surface area contributed by atoms with Crippen LogP contribution < -0.4 is 15.4 Å². The second-order valence-corrected chi connectivity index (χ2v) is 8.05. The van der Waals surface area contributed by atoms with Crippen LogP contribution in [0, 0.1) is 0 Å². The molecule has 0 bridgehead atoms. The molecule has 3 aromatic carbocycles. The van der Waals surface area contributed by atoms with E-state index in [1.165, 1.54) is 14.2 Å². The van der Waals surface area contributed by atoms with Crippen molar-refractivity contribution in [1.29, 1.82) is 0 Å². The Labute approximate surface area is 210 Å². The molecule has 3 aromatic rings. The molecule has 0 saturated heterocycles. The zero-order valence-corrected chi connectivity index (χ0v) is 20.3. The molecule has 0 aliphatic rings. The fourth-order valence-electron chi connectivity index (χ4n) is 3.67. The van der Waals surface area contributed by atoms with Gasteiger partial charge in [0.25, 0.3) is 0 Å². The number of carbonyl (C=O) groups excluding carboxylic acids is 3. The molecule has 3 rings (SSSR count). The van der Waals surface area contributed by atoms with E-state index >= 15 is 0 Å². The molecule has 36 heavy (non-hydrogen) atoms. The Morgan fingerprint density at radius 3 is 1.97 bits per heavy atom. The summed E-state index contributed by atoms with van der Waals surface area (Å²) < 4.78 is 15.6.